The van der Waals surface area contributed by atoms with Crippen molar-refractivity contribution in [3.8, 4) is 16.2 Å². The van der Waals surface area contributed by atoms with E-state index < -0.39 is 0 Å². The predicted octanol–water partition coefficient (Wildman–Crippen LogP) is 4.43. The molecule has 0 fully saturated rings. The van der Waals surface area contributed by atoms with Crippen LogP contribution in [0.1, 0.15) is 9.67 Å². The van der Waals surface area contributed by atoms with Gasteiger partial charge in [-0.2, -0.15) is 11.3 Å². The Kier molecular flexibility index (Phi) is 3.54. The van der Waals surface area contributed by atoms with Crippen molar-refractivity contribution in [2.24, 2.45) is 0 Å². The van der Waals surface area contributed by atoms with E-state index >= 15 is 0 Å². The van der Waals surface area contributed by atoms with E-state index in [-0.39, 0.29) is 11.7 Å². The van der Waals surface area contributed by atoms with Gasteiger partial charge in [-0.3, -0.25) is 4.79 Å². The summed E-state index contributed by atoms with van der Waals surface area (Å²) in [5.74, 6) is 0.0426. The maximum absolute atomic E-state index is 12.1. The number of phenolic OH excluding ortho intramolecular Hbond substituents is 1. The van der Waals surface area contributed by atoms with Gasteiger partial charge in [-0.15, -0.1) is 11.3 Å². The van der Waals surface area contributed by atoms with Crippen LogP contribution in [-0.2, 0) is 0 Å². The number of amides is 1. The average Bonchev–Trinajstić information content (AvgIpc) is 3.11. The number of nitrogens with one attached hydrogen (secondary N) is 1. The molecule has 2 N–H and O–H groups in total. The normalized spacial score (nSPS) is 10.4. The fraction of sp³-hybridized carbons (Fsp3) is 0. The molecule has 0 spiro atoms. The Morgan fingerprint density at radius 1 is 1.05 bits per heavy atom. The minimum absolute atomic E-state index is 0.137. The van der Waals surface area contributed by atoms with E-state index in [4.69, 9.17) is 0 Å². The highest BCUT2D eigenvalue weighted by Crippen LogP contribution is 2.30. The Morgan fingerprint density at radius 3 is 2.55 bits per heavy atom. The number of carbonyl (C=O) groups excluding carboxylic acids is 1. The Bertz CT molecular complexity index is 715. The van der Waals surface area contributed by atoms with E-state index in [0.717, 1.165) is 10.4 Å². The molecule has 5 heteroatoms. The number of hydrogen-bond acceptors (Lipinski definition) is 4. The Hall–Kier alpha value is -2.11. The van der Waals surface area contributed by atoms with Crippen molar-refractivity contribution in [2.45, 2.75) is 0 Å². The maximum atomic E-state index is 12.1. The van der Waals surface area contributed by atoms with Crippen LogP contribution in [0.3, 0.4) is 0 Å². The lowest BCUT2D eigenvalue weighted by Crippen LogP contribution is -2.09. The molecule has 0 saturated carbocycles. The van der Waals surface area contributed by atoms with Crippen molar-refractivity contribution in [1.82, 2.24) is 0 Å². The van der Waals surface area contributed by atoms with Gasteiger partial charge in [0.2, 0.25) is 0 Å². The average molecular weight is 301 g/mol. The van der Waals surface area contributed by atoms with Crippen molar-refractivity contribution >= 4 is 34.3 Å². The summed E-state index contributed by atoms with van der Waals surface area (Å²) in [7, 11) is 0. The van der Waals surface area contributed by atoms with Crippen molar-refractivity contribution in [3.05, 3.63) is 58.1 Å². The van der Waals surface area contributed by atoms with Gasteiger partial charge in [0.25, 0.3) is 5.91 Å². The number of benzene rings is 1. The van der Waals surface area contributed by atoms with Gasteiger partial charge in [0.15, 0.2) is 0 Å². The predicted molar refractivity (Wildman–Crippen MR) is 83.7 cm³/mol. The van der Waals surface area contributed by atoms with Crippen molar-refractivity contribution < 1.29 is 9.90 Å². The summed E-state index contributed by atoms with van der Waals surface area (Å²) in [4.78, 5) is 13.9. The first kappa shape index (κ1) is 12.9. The molecule has 20 heavy (non-hydrogen) atoms. The van der Waals surface area contributed by atoms with Crippen LogP contribution in [0, 0.1) is 0 Å². The molecule has 0 aliphatic rings. The minimum Gasteiger partial charge on any atom is -0.508 e. The molecule has 0 aliphatic carbocycles. The summed E-state index contributed by atoms with van der Waals surface area (Å²) in [6, 6.07) is 12.2. The first-order chi connectivity index (χ1) is 9.72. The lowest BCUT2D eigenvalue weighted by Gasteiger charge is -2.03. The molecule has 3 rings (SSSR count). The molecule has 1 amide bonds. The third-order valence-electron chi connectivity index (χ3n) is 2.76. The first-order valence-corrected chi connectivity index (χ1v) is 7.71. The van der Waals surface area contributed by atoms with Crippen molar-refractivity contribution in [3.63, 3.8) is 0 Å². The topological polar surface area (TPSA) is 49.3 Å². The Labute approximate surface area is 124 Å². The molecule has 1 aromatic carbocycles. The summed E-state index contributed by atoms with van der Waals surface area (Å²) in [6.45, 7) is 0. The zero-order valence-corrected chi connectivity index (χ0v) is 12.0. The number of rotatable bonds is 3. The van der Waals surface area contributed by atoms with Gasteiger partial charge in [-0.1, -0.05) is 0 Å². The number of anilines is 1. The number of hydrogen-bond donors (Lipinski definition) is 2. The van der Waals surface area contributed by atoms with Gasteiger partial charge in [0, 0.05) is 16.1 Å². The van der Waals surface area contributed by atoms with E-state index in [1.807, 2.05) is 23.6 Å². The second-order valence-electron chi connectivity index (χ2n) is 4.18. The van der Waals surface area contributed by atoms with Gasteiger partial charge in [0.1, 0.15) is 5.75 Å². The molecule has 3 aromatic rings. The van der Waals surface area contributed by atoms with E-state index in [1.165, 1.54) is 11.3 Å². The number of carbonyl (C=O) groups is 1. The van der Waals surface area contributed by atoms with Crippen LogP contribution in [0.4, 0.5) is 5.69 Å². The molecular weight excluding hydrogens is 290 g/mol. The maximum Gasteiger partial charge on any atom is 0.265 e. The molecule has 2 aromatic heterocycles. The summed E-state index contributed by atoms with van der Waals surface area (Å²) in [5, 5.41) is 16.1. The standard InChI is InChI=1S/C15H11NO2S2/c17-12-3-1-11(2-4-12)16-15(18)14-6-5-13(20-14)10-7-8-19-9-10/h1-9,17H,(H,16,18). The third kappa shape index (κ3) is 2.74. The molecule has 100 valence electrons. The lowest BCUT2D eigenvalue weighted by atomic mass is 10.3. The lowest BCUT2D eigenvalue weighted by molar-refractivity contribution is 0.103. The van der Waals surface area contributed by atoms with Crippen LogP contribution in [0.5, 0.6) is 5.75 Å². The zero-order chi connectivity index (χ0) is 13.9. The summed E-state index contributed by atoms with van der Waals surface area (Å²) in [5.41, 5.74) is 1.81. The molecule has 0 bridgehead atoms. The van der Waals surface area contributed by atoms with Crippen LogP contribution in [-0.4, -0.2) is 11.0 Å². The molecule has 0 radical (unpaired) electrons. The first-order valence-electron chi connectivity index (χ1n) is 5.95. The van der Waals surface area contributed by atoms with E-state index in [9.17, 15) is 9.90 Å². The van der Waals surface area contributed by atoms with Crippen LogP contribution >= 0.6 is 22.7 Å². The Balaban J connectivity index is 1.76. The van der Waals surface area contributed by atoms with Gasteiger partial charge < -0.3 is 10.4 Å². The molecule has 3 nitrogen and oxygen atoms in total. The molecular formula is C15H11NO2S2. The summed E-state index contributed by atoms with van der Waals surface area (Å²) in [6.07, 6.45) is 0. The Morgan fingerprint density at radius 2 is 1.85 bits per heavy atom. The highest BCUT2D eigenvalue weighted by molar-refractivity contribution is 7.18. The monoisotopic (exact) mass is 301 g/mol. The quantitative estimate of drug-likeness (QED) is 0.703. The van der Waals surface area contributed by atoms with Crippen molar-refractivity contribution in [1.29, 1.82) is 0 Å². The van der Waals surface area contributed by atoms with Crippen molar-refractivity contribution in [2.75, 3.05) is 5.32 Å². The highest BCUT2D eigenvalue weighted by Gasteiger charge is 2.10. The van der Waals surface area contributed by atoms with E-state index in [2.05, 4.69) is 10.7 Å². The van der Waals surface area contributed by atoms with Gasteiger partial charge >= 0.3 is 0 Å². The second kappa shape index (κ2) is 5.48. The largest absolute Gasteiger partial charge is 0.508 e. The summed E-state index contributed by atoms with van der Waals surface area (Å²) < 4.78 is 0. The van der Waals surface area contributed by atoms with E-state index in [1.54, 1.807) is 35.6 Å². The van der Waals surface area contributed by atoms with Gasteiger partial charge in [-0.25, -0.2) is 0 Å². The number of thiophene rings is 2. The minimum atomic E-state index is -0.137. The zero-order valence-electron chi connectivity index (χ0n) is 10.4. The van der Waals surface area contributed by atoms with E-state index in [0.29, 0.717) is 10.6 Å². The molecule has 0 saturated heterocycles. The van der Waals surface area contributed by atoms with Gasteiger partial charge in [0.05, 0.1) is 4.88 Å². The van der Waals surface area contributed by atoms with Crippen LogP contribution in [0.25, 0.3) is 10.4 Å². The molecule has 0 aliphatic heterocycles. The van der Waals surface area contributed by atoms with Crippen LogP contribution in [0.2, 0.25) is 0 Å². The SMILES string of the molecule is O=C(Nc1ccc(O)cc1)c1ccc(-c2ccsc2)s1. The highest BCUT2D eigenvalue weighted by atomic mass is 32.1. The molecule has 2 heterocycles. The number of phenols is 1. The number of aromatic hydroxyl groups is 1. The fourth-order valence-corrected chi connectivity index (χ4v) is 3.39. The fourth-order valence-electron chi connectivity index (χ4n) is 1.76. The second-order valence-corrected chi connectivity index (χ2v) is 6.04. The van der Waals surface area contributed by atoms with Gasteiger partial charge in [-0.05, 0) is 53.2 Å². The smallest absolute Gasteiger partial charge is 0.265 e. The third-order valence-corrected chi connectivity index (χ3v) is 4.58. The van der Waals surface area contributed by atoms with Crippen LogP contribution in [0.15, 0.2) is 53.2 Å². The molecule has 0 unspecified atom stereocenters. The molecule has 0 atom stereocenters. The summed E-state index contributed by atoms with van der Waals surface area (Å²) >= 11 is 3.10. The van der Waals surface area contributed by atoms with Crippen LogP contribution < -0.4 is 5.32 Å².